The van der Waals surface area contributed by atoms with Crippen LogP contribution >= 0.6 is 15.9 Å². The summed E-state index contributed by atoms with van der Waals surface area (Å²) in [6.07, 6.45) is -2.94. The number of alkyl halides is 3. The molecule has 0 bridgehead atoms. The van der Waals surface area contributed by atoms with Crippen molar-refractivity contribution in [2.24, 2.45) is 5.92 Å². The number of likely N-dealkylation sites (tertiary alicyclic amines) is 1. The van der Waals surface area contributed by atoms with E-state index in [1.165, 1.54) is 12.1 Å². The van der Waals surface area contributed by atoms with Crippen molar-refractivity contribution in [2.75, 3.05) is 13.1 Å². The number of benzene rings is 1. The van der Waals surface area contributed by atoms with Gasteiger partial charge in [-0.05, 0) is 57.4 Å². The van der Waals surface area contributed by atoms with Gasteiger partial charge in [-0.25, -0.2) is 4.98 Å². The summed E-state index contributed by atoms with van der Waals surface area (Å²) in [6.45, 7) is 5.82. The van der Waals surface area contributed by atoms with E-state index in [-0.39, 0.29) is 23.4 Å². The Balaban J connectivity index is 2.05. The van der Waals surface area contributed by atoms with Crippen molar-refractivity contribution in [3.8, 4) is 0 Å². The second-order valence-corrected chi connectivity index (χ2v) is 8.02. The number of hydrogen-bond donors (Lipinski definition) is 0. The van der Waals surface area contributed by atoms with Gasteiger partial charge in [0.2, 0.25) is 5.82 Å². The summed E-state index contributed by atoms with van der Waals surface area (Å²) in [6, 6.07) is 4.88. The summed E-state index contributed by atoms with van der Waals surface area (Å²) in [4.78, 5) is 18.8. The first kappa shape index (κ1) is 19.4. The molecular formula is C18H21BrF3N3O. The molecule has 0 spiro atoms. The Kier molecular flexibility index (Phi) is 5.44. The number of aromatic nitrogens is 2. The van der Waals surface area contributed by atoms with E-state index in [0.717, 1.165) is 24.0 Å². The zero-order chi connectivity index (χ0) is 19.1. The molecule has 1 unspecified atom stereocenters. The van der Waals surface area contributed by atoms with E-state index < -0.39 is 17.6 Å². The Morgan fingerprint density at radius 1 is 1.35 bits per heavy atom. The number of nitrogens with zero attached hydrogens (tertiary/aromatic N) is 3. The third-order valence-electron chi connectivity index (χ3n) is 4.89. The molecule has 4 nitrogen and oxygen atoms in total. The van der Waals surface area contributed by atoms with Gasteiger partial charge >= 0.3 is 6.18 Å². The van der Waals surface area contributed by atoms with Crippen LogP contribution in [0.3, 0.4) is 0 Å². The number of hydrogen-bond acceptors (Lipinski definition) is 3. The van der Waals surface area contributed by atoms with Crippen molar-refractivity contribution in [3.63, 3.8) is 0 Å². The fraction of sp³-hybridized carbons (Fsp3) is 0.556. The van der Waals surface area contributed by atoms with Crippen LogP contribution in [0.2, 0.25) is 0 Å². The summed E-state index contributed by atoms with van der Waals surface area (Å²) < 4.78 is 42.1. The van der Waals surface area contributed by atoms with Crippen LogP contribution in [0.15, 0.2) is 27.5 Å². The molecule has 0 saturated carbocycles. The highest BCUT2D eigenvalue weighted by molar-refractivity contribution is 9.10. The first-order valence-electron chi connectivity index (χ1n) is 8.68. The van der Waals surface area contributed by atoms with Gasteiger partial charge < -0.3 is 4.90 Å². The quantitative estimate of drug-likeness (QED) is 0.726. The van der Waals surface area contributed by atoms with Gasteiger partial charge in [0.05, 0.1) is 10.9 Å². The minimum atomic E-state index is -4.67. The number of piperidine rings is 1. The minimum absolute atomic E-state index is 0.00338. The highest BCUT2D eigenvalue weighted by Gasteiger charge is 2.38. The van der Waals surface area contributed by atoms with Crippen LogP contribution in [-0.4, -0.2) is 33.6 Å². The number of rotatable bonds is 3. The molecular weight excluding hydrogens is 411 g/mol. The maximum absolute atomic E-state index is 13.6. The molecule has 1 aliphatic heterocycles. The Hall–Kier alpha value is -1.41. The van der Waals surface area contributed by atoms with E-state index in [1.807, 2.05) is 0 Å². The average Bonchev–Trinajstić information content (AvgIpc) is 2.57. The molecule has 1 fully saturated rings. The zero-order valence-corrected chi connectivity index (χ0v) is 16.3. The molecule has 0 N–H and O–H groups in total. The van der Waals surface area contributed by atoms with E-state index in [9.17, 15) is 18.0 Å². The smallest absolute Gasteiger partial charge is 0.301 e. The van der Waals surface area contributed by atoms with Crippen molar-refractivity contribution in [1.82, 2.24) is 14.5 Å². The Morgan fingerprint density at radius 2 is 2.08 bits per heavy atom. The highest BCUT2D eigenvalue weighted by atomic mass is 79.9. The predicted octanol–water partition coefficient (Wildman–Crippen LogP) is 4.30. The number of halogens is 4. The van der Waals surface area contributed by atoms with Gasteiger partial charge in [-0.3, -0.25) is 9.36 Å². The molecule has 0 amide bonds. The zero-order valence-electron chi connectivity index (χ0n) is 14.7. The third-order valence-corrected chi connectivity index (χ3v) is 5.38. The van der Waals surface area contributed by atoms with Crippen molar-refractivity contribution >= 4 is 26.8 Å². The molecule has 0 aliphatic carbocycles. The highest BCUT2D eigenvalue weighted by Crippen LogP contribution is 2.30. The Labute approximate surface area is 158 Å². The minimum Gasteiger partial charge on any atom is -0.301 e. The van der Waals surface area contributed by atoms with Gasteiger partial charge in [-0.1, -0.05) is 15.9 Å². The summed E-state index contributed by atoms with van der Waals surface area (Å²) in [5.41, 5.74) is -0.570. The summed E-state index contributed by atoms with van der Waals surface area (Å²) in [5.74, 6) is -1.12. The van der Waals surface area contributed by atoms with Gasteiger partial charge in [0.25, 0.3) is 5.56 Å². The summed E-state index contributed by atoms with van der Waals surface area (Å²) >= 11 is 3.27. The fourth-order valence-corrected chi connectivity index (χ4v) is 3.91. The monoisotopic (exact) mass is 431 g/mol. The first-order chi connectivity index (χ1) is 12.2. The van der Waals surface area contributed by atoms with Crippen LogP contribution in [0.4, 0.5) is 13.2 Å². The van der Waals surface area contributed by atoms with Gasteiger partial charge in [-0.15, -0.1) is 0 Å². The second kappa shape index (κ2) is 7.31. The molecule has 0 radical (unpaired) electrons. The molecule has 2 aromatic rings. The van der Waals surface area contributed by atoms with Crippen LogP contribution < -0.4 is 5.56 Å². The molecule has 2 heterocycles. The molecule has 8 heteroatoms. The third kappa shape index (κ3) is 3.96. The lowest BCUT2D eigenvalue weighted by Gasteiger charge is -2.35. The topological polar surface area (TPSA) is 38.1 Å². The van der Waals surface area contributed by atoms with Crippen LogP contribution in [0.25, 0.3) is 10.9 Å². The SMILES string of the molecule is CC(C)N1CCCC(Cn2c(C(F)(F)F)nc3ccc(Br)cc3c2=O)C1. The normalized spacial score (nSPS) is 19.4. The lowest BCUT2D eigenvalue weighted by atomic mass is 9.96. The van der Waals surface area contributed by atoms with Crippen LogP contribution in [-0.2, 0) is 12.7 Å². The molecule has 142 valence electrons. The summed E-state index contributed by atoms with van der Waals surface area (Å²) in [7, 11) is 0. The van der Waals surface area contributed by atoms with E-state index in [2.05, 4.69) is 39.7 Å². The predicted molar refractivity (Wildman–Crippen MR) is 98.1 cm³/mol. The van der Waals surface area contributed by atoms with E-state index >= 15 is 0 Å². The van der Waals surface area contributed by atoms with Crippen LogP contribution in [0, 0.1) is 5.92 Å². The lowest BCUT2D eigenvalue weighted by molar-refractivity contribution is -0.148. The standard InChI is InChI=1S/C18H21BrF3N3O/c1-11(2)24-7-3-4-12(9-24)10-25-16(26)14-8-13(19)5-6-15(14)23-17(25)18(20,21)22/h5-6,8,11-12H,3-4,7,9-10H2,1-2H3. The molecule has 1 saturated heterocycles. The molecule has 1 aliphatic rings. The molecule has 1 aromatic heterocycles. The summed E-state index contributed by atoms with van der Waals surface area (Å²) in [5, 5.41) is 0.198. The van der Waals surface area contributed by atoms with Gasteiger partial charge in [0.1, 0.15) is 0 Å². The van der Waals surface area contributed by atoms with Crippen LogP contribution in [0.5, 0.6) is 0 Å². The van der Waals surface area contributed by atoms with Crippen molar-refractivity contribution < 1.29 is 13.2 Å². The number of fused-ring (bicyclic) bond motifs is 1. The average molecular weight is 432 g/mol. The molecule has 1 aromatic carbocycles. The lowest BCUT2D eigenvalue weighted by Crippen LogP contribution is -2.43. The second-order valence-electron chi connectivity index (χ2n) is 7.11. The van der Waals surface area contributed by atoms with Crippen molar-refractivity contribution in [3.05, 3.63) is 38.9 Å². The van der Waals surface area contributed by atoms with Crippen molar-refractivity contribution in [1.29, 1.82) is 0 Å². The first-order valence-corrected chi connectivity index (χ1v) is 9.47. The maximum Gasteiger partial charge on any atom is 0.449 e. The van der Waals surface area contributed by atoms with Crippen molar-refractivity contribution in [2.45, 2.75) is 45.5 Å². The van der Waals surface area contributed by atoms with E-state index in [1.54, 1.807) is 6.07 Å². The fourth-order valence-electron chi connectivity index (χ4n) is 3.55. The largest absolute Gasteiger partial charge is 0.449 e. The molecule has 3 rings (SSSR count). The maximum atomic E-state index is 13.6. The van der Waals surface area contributed by atoms with Crippen LogP contribution in [0.1, 0.15) is 32.5 Å². The van der Waals surface area contributed by atoms with Gasteiger partial charge in [0.15, 0.2) is 0 Å². The van der Waals surface area contributed by atoms with Gasteiger partial charge in [0, 0.05) is 23.6 Å². The van der Waals surface area contributed by atoms with E-state index in [0.29, 0.717) is 17.1 Å². The Morgan fingerprint density at radius 3 is 2.73 bits per heavy atom. The van der Waals surface area contributed by atoms with E-state index in [4.69, 9.17) is 0 Å². The van der Waals surface area contributed by atoms with Gasteiger partial charge in [-0.2, -0.15) is 13.2 Å². The molecule has 26 heavy (non-hydrogen) atoms. The molecule has 1 atom stereocenters. The Bertz CT molecular complexity index is 863.